The van der Waals surface area contributed by atoms with E-state index in [9.17, 15) is 5.11 Å². The number of benzene rings is 2. The van der Waals surface area contributed by atoms with Crippen LogP contribution >= 0.6 is 23.2 Å². The molecule has 0 aliphatic carbocycles. The number of hydroxylamine groups is 1. The van der Waals surface area contributed by atoms with E-state index in [-0.39, 0.29) is 12.6 Å². The number of unbranched alkanes of at least 4 members (excludes halogenated alkanes) is 1. The molecule has 2 aromatic carbocycles. The molecule has 0 aromatic heterocycles. The van der Waals surface area contributed by atoms with Crippen LogP contribution in [0.2, 0.25) is 10.0 Å². The molecule has 1 heterocycles. The predicted octanol–water partition coefficient (Wildman–Crippen LogP) is 5.80. The summed E-state index contributed by atoms with van der Waals surface area (Å²) in [7, 11) is 0. The maximum Gasteiger partial charge on any atom is 0.122 e. The molecule has 0 bridgehead atoms. The highest BCUT2D eigenvalue weighted by Crippen LogP contribution is 2.47. The maximum absolute atomic E-state index is 10.1. The van der Waals surface area contributed by atoms with Crippen molar-refractivity contribution in [2.75, 3.05) is 11.7 Å². The molecule has 2 atom stereocenters. The van der Waals surface area contributed by atoms with E-state index >= 15 is 0 Å². The summed E-state index contributed by atoms with van der Waals surface area (Å²) < 4.78 is 0. The number of aliphatic hydroxyl groups is 1. The highest BCUT2D eigenvalue weighted by Gasteiger charge is 2.46. The van der Waals surface area contributed by atoms with Crippen LogP contribution < -0.4 is 5.06 Å². The van der Waals surface area contributed by atoms with E-state index in [0.29, 0.717) is 16.5 Å². The molecule has 2 aromatic rings. The van der Waals surface area contributed by atoms with Crippen molar-refractivity contribution in [1.29, 1.82) is 0 Å². The molecule has 0 amide bonds. The lowest BCUT2D eigenvalue weighted by Gasteiger charge is -2.28. The number of nitrogens with zero attached hydrogens (tertiary/aromatic N) is 1. The predicted molar refractivity (Wildman–Crippen MR) is 103 cm³/mol. The van der Waals surface area contributed by atoms with Crippen molar-refractivity contribution < 1.29 is 9.94 Å². The van der Waals surface area contributed by atoms with Gasteiger partial charge in [-0.1, -0.05) is 73.3 Å². The molecule has 3 nitrogen and oxygen atoms in total. The third-order valence-electron chi connectivity index (χ3n) is 4.77. The zero-order valence-corrected chi connectivity index (χ0v) is 15.8. The summed E-state index contributed by atoms with van der Waals surface area (Å²) in [6.07, 6.45) is 3.52. The average Bonchev–Trinajstić information content (AvgIpc) is 3.03. The molecule has 0 radical (unpaired) electrons. The molecule has 1 aliphatic rings. The largest absolute Gasteiger partial charge is 0.393 e. The quantitative estimate of drug-likeness (QED) is 0.688. The SMILES string of the molecule is CCCC[C@@]1(CO)C[C@@H](c2cccc(Cl)c2Cl)N(c2ccccc2)O1. The minimum atomic E-state index is -0.595. The monoisotopic (exact) mass is 379 g/mol. The van der Waals surface area contributed by atoms with E-state index in [1.165, 1.54) is 0 Å². The first-order valence-electron chi connectivity index (χ1n) is 8.68. The van der Waals surface area contributed by atoms with E-state index < -0.39 is 5.60 Å². The summed E-state index contributed by atoms with van der Waals surface area (Å²) in [6, 6.07) is 15.5. The fourth-order valence-corrected chi connectivity index (χ4v) is 3.82. The first-order valence-corrected chi connectivity index (χ1v) is 9.44. The van der Waals surface area contributed by atoms with E-state index in [2.05, 4.69) is 6.92 Å². The van der Waals surface area contributed by atoms with Crippen molar-refractivity contribution in [2.45, 2.75) is 44.2 Å². The molecule has 5 heteroatoms. The summed E-state index contributed by atoms with van der Waals surface area (Å²) >= 11 is 12.7. The van der Waals surface area contributed by atoms with Crippen LogP contribution in [0.25, 0.3) is 0 Å². The van der Waals surface area contributed by atoms with Gasteiger partial charge >= 0.3 is 0 Å². The Morgan fingerprint density at radius 3 is 2.60 bits per heavy atom. The van der Waals surface area contributed by atoms with Gasteiger partial charge in [0.2, 0.25) is 0 Å². The molecule has 1 N–H and O–H groups in total. The summed E-state index contributed by atoms with van der Waals surface area (Å²) in [6.45, 7) is 2.12. The van der Waals surface area contributed by atoms with Crippen LogP contribution in [0, 0.1) is 0 Å². The van der Waals surface area contributed by atoms with Crippen molar-refractivity contribution in [3.63, 3.8) is 0 Å². The van der Waals surface area contributed by atoms with Crippen molar-refractivity contribution in [3.8, 4) is 0 Å². The Balaban J connectivity index is 2.01. The first kappa shape index (κ1) is 18.5. The zero-order chi connectivity index (χ0) is 17.9. The Kier molecular flexibility index (Phi) is 5.90. The van der Waals surface area contributed by atoms with E-state index in [1.54, 1.807) is 6.07 Å². The molecule has 0 spiro atoms. The van der Waals surface area contributed by atoms with Crippen LogP contribution in [0.4, 0.5) is 5.69 Å². The third-order valence-corrected chi connectivity index (χ3v) is 5.60. The van der Waals surface area contributed by atoms with Crippen molar-refractivity contribution >= 4 is 28.9 Å². The van der Waals surface area contributed by atoms with E-state index in [1.807, 2.05) is 47.5 Å². The highest BCUT2D eigenvalue weighted by molar-refractivity contribution is 6.42. The van der Waals surface area contributed by atoms with Gasteiger partial charge in [-0.3, -0.25) is 4.84 Å². The van der Waals surface area contributed by atoms with E-state index in [0.717, 1.165) is 30.5 Å². The topological polar surface area (TPSA) is 32.7 Å². The molecule has 1 fully saturated rings. The van der Waals surface area contributed by atoms with Gasteiger partial charge in [0.05, 0.1) is 28.4 Å². The van der Waals surface area contributed by atoms with Gasteiger partial charge in [-0.15, -0.1) is 0 Å². The number of rotatable bonds is 6. The maximum atomic E-state index is 10.1. The second kappa shape index (κ2) is 7.96. The number of para-hydroxylation sites is 1. The molecular weight excluding hydrogens is 357 g/mol. The van der Waals surface area contributed by atoms with Gasteiger partial charge in [-0.2, -0.15) is 0 Å². The molecule has 0 saturated carbocycles. The van der Waals surface area contributed by atoms with Gasteiger partial charge in [-0.25, -0.2) is 5.06 Å². The smallest absolute Gasteiger partial charge is 0.122 e. The van der Waals surface area contributed by atoms with Gasteiger partial charge in [-0.05, 0) is 30.2 Å². The minimum absolute atomic E-state index is 0.0228. The van der Waals surface area contributed by atoms with Crippen LogP contribution in [-0.4, -0.2) is 17.3 Å². The molecule has 134 valence electrons. The Labute approximate surface area is 159 Å². The lowest BCUT2D eigenvalue weighted by molar-refractivity contribution is -0.0579. The summed E-state index contributed by atoms with van der Waals surface area (Å²) in [5, 5.41) is 13.0. The fourth-order valence-electron chi connectivity index (χ4n) is 3.39. The second-order valence-corrected chi connectivity index (χ2v) is 7.35. The number of hydrogen-bond donors (Lipinski definition) is 1. The Morgan fingerprint density at radius 2 is 1.92 bits per heavy atom. The average molecular weight is 380 g/mol. The van der Waals surface area contributed by atoms with Crippen LogP contribution in [0.5, 0.6) is 0 Å². The Hall–Kier alpha value is -1.26. The summed E-state index contributed by atoms with van der Waals surface area (Å²) in [5.74, 6) is 0. The lowest BCUT2D eigenvalue weighted by Crippen LogP contribution is -2.34. The van der Waals surface area contributed by atoms with Crippen molar-refractivity contribution in [2.24, 2.45) is 0 Å². The molecule has 1 aliphatic heterocycles. The third kappa shape index (κ3) is 3.80. The highest BCUT2D eigenvalue weighted by atomic mass is 35.5. The van der Waals surface area contributed by atoms with Gasteiger partial charge < -0.3 is 5.11 Å². The Bertz CT molecular complexity index is 710. The van der Waals surface area contributed by atoms with Crippen molar-refractivity contribution in [3.05, 3.63) is 64.1 Å². The van der Waals surface area contributed by atoms with Gasteiger partial charge in [0, 0.05) is 6.42 Å². The van der Waals surface area contributed by atoms with E-state index in [4.69, 9.17) is 28.0 Å². The van der Waals surface area contributed by atoms with Gasteiger partial charge in [0.1, 0.15) is 5.60 Å². The summed E-state index contributed by atoms with van der Waals surface area (Å²) in [4.78, 5) is 6.33. The summed E-state index contributed by atoms with van der Waals surface area (Å²) in [5.41, 5.74) is 1.27. The standard InChI is InChI=1S/C20H23Cl2NO2/c1-2-3-12-20(14-24)13-18(16-10-7-11-17(21)19(16)22)23(25-20)15-8-5-4-6-9-15/h4-11,18,24H,2-3,12-14H2,1H3/t18-,20-/m0/s1. The van der Waals surface area contributed by atoms with Gasteiger partial charge in [0.15, 0.2) is 0 Å². The van der Waals surface area contributed by atoms with Crippen LogP contribution in [0.15, 0.2) is 48.5 Å². The minimum Gasteiger partial charge on any atom is -0.393 e. The van der Waals surface area contributed by atoms with Gasteiger partial charge in [0.25, 0.3) is 0 Å². The molecule has 3 rings (SSSR count). The zero-order valence-electron chi connectivity index (χ0n) is 14.3. The normalized spacial score (nSPS) is 23.2. The van der Waals surface area contributed by atoms with Crippen LogP contribution in [0.3, 0.4) is 0 Å². The number of hydrogen-bond acceptors (Lipinski definition) is 3. The molecular formula is C20H23Cl2NO2. The molecule has 1 saturated heterocycles. The number of aliphatic hydroxyl groups excluding tert-OH is 1. The van der Waals surface area contributed by atoms with Crippen LogP contribution in [0.1, 0.15) is 44.2 Å². The lowest BCUT2D eigenvalue weighted by atomic mass is 9.88. The fraction of sp³-hybridized carbons (Fsp3) is 0.400. The number of halogens is 2. The Morgan fingerprint density at radius 1 is 1.16 bits per heavy atom. The second-order valence-electron chi connectivity index (χ2n) is 6.56. The number of anilines is 1. The van der Waals surface area contributed by atoms with Crippen molar-refractivity contribution in [1.82, 2.24) is 0 Å². The van der Waals surface area contributed by atoms with Crippen LogP contribution in [-0.2, 0) is 4.84 Å². The molecule has 25 heavy (non-hydrogen) atoms. The first-order chi connectivity index (χ1) is 12.1. The molecule has 0 unspecified atom stereocenters.